The second-order valence-electron chi connectivity index (χ2n) is 9.07. The number of allylic oxidation sites excluding steroid dienone is 4. The van der Waals surface area contributed by atoms with E-state index in [1.54, 1.807) is 20.2 Å². The van der Waals surface area contributed by atoms with Crippen molar-refractivity contribution in [1.82, 2.24) is 14.1 Å². The maximum absolute atomic E-state index is 13.6. The molecule has 0 bridgehead atoms. The van der Waals surface area contributed by atoms with Crippen LogP contribution < -0.4 is 0 Å². The Labute approximate surface area is 223 Å². The minimum atomic E-state index is -2.53. The van der Waals surface area contributed by atoms with Crippen LogP contribution in [0.3, 0.4) is 0 Å². The molecule has 10 heteroatoms. The fourth-order valence-electron chi connectivity index (χ4n) is 4.74. The van der Waals surface area contributed by atoms with E-state index in [0.29, 0.717) is 11.3 Å². The van der Waals surface area contributed by atoms with Gasteiger partial charge in [0.05, 0.1) is 6.54 Å². The number of hydrogen-bond acceptors (Lipinski definition) is 3. The largest absolute Gasteiger partial charge is 0.335 e. The van der Waals surface area contributed by atoms with Gasteiger partial charge in [0.25, 0.3) is 0 Å². The van der Waals surface area contributed by atoms with E-state index in [1.807, 2.05) is 52.0 Å². The van der Waals surface area contributed by atoms with Crippen molar-refractivity contribution in [2.75, 3.05) is 13.1 Å². The third-order valence-electron chi connectivity index (χ3n) is 6.56. The van der Waals surface area contributed by atoms with Crippen LogP contribution in [-0.2, 0) is 27.0 Å². The number of alkyl halides is 2. The van der Waals surface area contributed by atoms with E-state index in [1.165, 1.54) is 12.2 Å². The summed E-state index contributed by atoms with van der Waals surface area (Å²) in [4.78, 5) is 30.3. The summed E-state index contributed by atoms with van der Waals surface area (Å²) in [7, 11) is -1.70. The van der Waals surface area contributed by atoms with Gasteiger partial charge in [0.1, 0.15) is 23.2 Å². The third kappa shape index (κ3) is 6.14. The van der Waals surface area contributed by atoms with Gasteiger partial charge in [-0.2, -0.15) is 4.31 Å². The first-order chi connectivity index (χ1) is 17.2. The second-order valence-corrected chi connectivity index (χ2v) is 11.5. The second kappa shape index (κ2) is 12.6. The Bertz CT molecular complexity index is 1030. The molecule has 2 saturated heterocycles. The molecule has 2 fully saturated rings. The number of rotatable bonds is 6. The van der Waals surface area contributed by atoms with E-state index >= 15 is 0 Å². The molecule has 3 aliphatic rings. The zero-order valence-corrected chi connectivity index (χ0v) is 23.5. The summed E-state index contributed by atoms with van der Waals surface area (Å²) >= 11 is 3.41. The number of fused-ring (bicyclic) bond motifs is 1. The molecule has 1 aromatic carbocycles. The van der Waals surface area contributed by atoms with E-state index in [9.17, 15) is 22.6 Å². The number of nitrogens with zero attached hydrogens (tertiary/aromatic N) is 3. The van der Waals surface area contributed by atoms with E-state index in [4.69, 9.17) is 0 Å². The molecule has 0 radical (unpaired) electrons. The molecule has 1 aliphatic carbocycles. The monoisotopic (exact) mass is 585 g/mol. The predicted molar refractivity (Wildman–Crippen MR) is 141 cm³/mol. The van der Waals surface area contributed by atoms with Crippen molar-refractivity contribution in [3.05, 3.63) is 57.4 Å². The van der Waals surface area contributed by atoms with Crippen LogP contribution in [0, 0.1) is 5.92 Å². The Balaban J connectivity index is 0.00000176. The molecule has 4 rings (SSSR count). The molecule has 4 atom stereocenters. The SMILES string of the molecule is CC.CC(C)N1CC2N(C(=O)CCN2S(=O)C2=CC=CC(C(F)F)C2)[C@@H](Cc2ccc(Br)cc2)C1=O. The van der Waals surface area contributed by atoms with Gasteiger partial charge in [-0.25, -0.2) is 13.0 Å². The molecule has 3 unspecified atom stereocenters. The van der Waals surface area contributed by atoms with Gasteiger partial charge in [0.2, 0.25) is 18.2 Å². The number of amides is 2. The van der Waals surface area contributed by atoms with Gasteiger partial charge in [-0.3, -0.25) is 9.59 Å². The smallest absolute Gasteiger partial charge is 0.246 e. The zero-order chi connectivity index (χ0) is 26.6. The van der Waals surface area contributed by atoms with Crippen molar-refractivity contribution >= 4 is 38.7 Å². The van der Waals surface area contributed by atoms with Crippen LogP contribution in [0.2, 0.25) is 0 Å². The molecular formula is C26H34BrF2N3O3S. The van der Waals surface area contributed by atoms with E-state index < -0.39 is 35.5 Å². The molecule has 6 nitrogen and oxygen atoms in total. The van der Waals surface area contributed by atoms with E-state index in [-0.39, 0.29) is 43.8 Å². The van der Waals surface area contributed by atoms with Crippen LogP contribution >= 0.6 is 15.9 Å². The van der Waals surface area contributed by atoms with Crippen LogP contribution in [0.1, 0.15) is 46.1 Å². The number of carbonyl (C=O) groups excluding carboxylic acids is 2. The van der Waals surface area contributed by atoms with Gasteiger partial charge >= 0.3 is 0 Å². The highest BCUT2D eigenvalue weighted by atomic mass is 79.9. The molecule has 2 amide bonds. The maximum Gasteiger partial charge on any atom is 0.246 e. The lowest BCUT2D eigenvalue weighted by molar-refractivity contribution is -0.166. The van der Waals surface area contributed by atoms with Gasteiger partial charge < -0.3 is 9.80 Å². The number of halogens is 3. The summed E-state index contributed by atoms with van der Waals surface area (Å²) in [6.07, 6.45) is 1.95. The first kappa shape index (κ1) is 28.7. The number of piperazine rings is 1. The van der Waals surface area contributed by atoms with Crippen LogP contribution in [0.15, 0.2) is 51.9 Å². The van der Waals surface area contributed by atoms with Crippen molar-refractivity contribution in [2.45, 2.75) is 71.6 Å². The molecule has 2 aliphatic heterocycles. The quantitative estimate of drug-likeness (QED) is 0.478. The van der Waals surface area contributed by atoms with Gasteiger partial charge in [0.15, 0.2) is 0 Å². The molecule has 0 aromatic heterocycles. The molecular weight excluding hydrogens is 552 g/mol. The summed E-state index contributed by atoms with van der Waals surface area (Å²) in [5.74, 6) is -1.26. The van der Waals surface area contributed by atoms with E-state index in [2.05, 4.69) is 15.9 Å². The van der Waals surface area contributed by atoms with Crippen molar-refractivity contribution in [3.8, 4) is 0 Å². The topological polar surface area (TPSA) is 60.9 Å². The number of benzene rings is 1. The predicted octanol–water partition coefficient (Wildman–Crippen LogP) is 4.89. The molecule has 1 aromatic rings. The van der Waals surface area contributed by atoms with Gasteiger partial charge in [0, 0.05) is 40.7 Å². The third-order valence-corrected chi connectivity index (χ3v) is 8.69. The lowest BCUT2D eigenvalue weighted by Crippen LogP contribution is -2.71. The highest BCUT2D eigenvalue weighted by Crippen LogP contribution is 2.33. The fourth-order valence-corrected chi connectivity index (χ4v) is 6.48. The Morgan fingerprint density at radius 3 is 2.42 bits per heavy atom. The van der Waals surface area contributed by atoms with Gasteiger partial charge in [-0.05, 0) is 44.0 Å². The van der Waals surface area contributed by atoms with Gasteiger partial charge in [-0.1, -0.05) is 54.1 Å². The number of hydrogen-bond donors (Lipinski definition) is 0. The zero-order valence-electron chi connectivity index (χ0n) is 21.1. The summed E-state index contributed by atoms with van der Waals surface area (Å²) in [6.45, 7) is 8.31. The standard InChI is InChI=1S/C24H28BrF2N3O3S.C2H6/c1-15(2)28-14-21-29(34(33)19-5-3-4-17(13-19)23(26)27)11-10-22(31)30(21)20(24(28)32)12-16-6-8-18(25)9-7-16;1-2/h3-9,15,17,20-21,23H,10-14H2,1-2H3;1-2H3/t17?,20-,21?,34?;/m0./s1. The summed E-state index contributed by atoms with van der Waals surface area (Å²) in [6, 6.07) is 6.78. The Kier molecular flexibility index (Phi) is 10.00. The molecule has 0 spiro atoms. The summed E-state index contributed by atoms with van der Waals surface area (Å²) in [5, 5.41) is 0. The normalized spacial score (nSPS) is 25.5. The van der Waals surface area contributed by atoms with Crippen molar-refractivity contribution in [1.29, 1.82) is 0 Å². The minimum absolute atomic E-state index is 0.00703. The summed E-state index contributed by atoms with van der Waals surface area (Å²) in [5.41, 5.74) is 0.914. The van der Waals surface area contributed by atoms with Gasteiger partial charge in [-0.15, -0.1) is 0 Å². The van der Waals surface area contributed by atoms with Crippen molar-refractivity contribution < 1.29 is 22.6 Å². The Morgan fingerprint density at radius 1 is 1.14 bits per heavy atom. The first-order valence-electron chi connectivity index (χ1n) is 12.4. The van der Waals surface area contributed by atoms with Crippen molar-refractivity contribution in [2.24, 2.45) is 5.92 Å². The van der Waals surface area contributed by atoms with Crippen LogP contribution in [-0.4, -0.2) is 67.9 Å². The Morgan fingerprint density at radius 2 is 1.81 bits per heavy atom. The van der Waals surface area contributed by atoms with Crippen LogP contribution in [0.4, 0.5) is 8.78 Å². The lowest BCUT2D eigenvalue weighted by atomic mass is 9.97. The van der Waals surface area contributed by atoms with Crippen LogP contribution in [0.5, 0.6) is 0 Å². The first-order valence-corrected chi connectivity index (χ1v) is 14.3. The molecule has 0 N–H and O–H groups in total. The molecule has 36 heavy (non-hydrogen) atoms. The maximum atomic E-state index is 13.6. The average molecular weight is 587 g/mol. The van der Waals surface area contributed by atoms with Crippen molar-refractivity contribution in [3.63, 3.8) is 0 Å². The minimum Gasteiger partial charge on any atom is -0.335 e. The lowest BCUT2D eigenvalue weighted by Gasteiger charge is -2.52. The Hall–Kier alpha value is -1.91. The fraction of sp³-hybridized carbons (Fsp3) is 0.538. The highest BCUT2D eigenvalue weighted by molar-refractivity contribution is 9.10. The average Bonchev–Trinajstić information content (AvgIpc) is 2.87. The number of carbonyl (C=O) groups is 2. The van der Waals surface area contributed by atoms with E-state index in [0.717, 1.165) is 10.0 Å². The molecule has 198 valence electrons. The highest BCUT2D eigenvalue weighted by Gasteiger charge is 2.49. The molecule has 2 heterocycles. The summed E-state index contributed by atoms with van der Waals surface area (Å²) < 4.78 is 42.8. The van der Waals surface area contributed by atoms with Crippen LogP contribution in [0.25, 0.3) is 0 Å². The molecule has 0 saturated carbocycles.